The van der Waals surface area contributed by atoms with Gasteiger partial charge in [-0.15, -0.1) is 0 Å². The fourth-order valence-electron chi connectivity index (χ4n) is 3.86. The first-order chi connectivity index (χ1) is 8.85. The number of carboxylic acids is 1. The molecule has 0 aliphatic heterocycles. The number of fused-ring (bicyclic) bond motifs is 3. The lowest BCUT2D eigenvalue weighted by atomic mass is 9.49. The van der Waals surface area contributed by atoms with Crippen molar-refractivity contribution in [1.82, 2.24) is 0 Å². The Balaban J connectivity index is 2.62. The van der Waals surface area contributed by atoms with Crippen LogP contribution in [0.3, 0.4) is 0 Å². The van der Waals surface area contributed by atoms with Gasteiger partial charge in [0, 0.05) is 7.11 Å². The smallest absolute Gasteiger partial charge is 0.315 e. The van der Waals surface area contributed by atoms with Gasteiger partial charge in [-0.3, -0.25) is 9.59 Å². The number of rotatable bonds is 3. The molecule has 1 N–H and O–H groups in total. The zero-order chi connectivity index (χ0) is 14.4. The summed E-state index contributed by atoms with van der Waals surface area (Å²) < 4.78 is 10.6. The average molecular weight is 268 g/mol. The molecule has 0 aromatic carbocycles. The lowest BCUT2D eigenvalue weighted by Crippen LogP contribution is -2.66. The Labute approximate surface area is 112 Å². The van der Waals surface area contributed by atoms with Crippen molar-refractivity contribution in [2.24, 2.45) is 17.3 Å². The van der Waals surface area contributed by atoms with E-state index in [2.05, 4.69) is 0 Å². The largest absolute Gasteiger partial charge is 0.481 e. The molecule has 3 aliphatic rings. The molecule has 0 radical (unpaired) electrons. The van der Waals surface area contributed by atoms with E-state index in [-0.39, 0.29) is 5.92 Å². The number of ether oxygens (including phenoxy) is 2. The van der Waals surface area contributed by atoms with Crippen molar-refractivity contribution in [2.45, 2.75) is 32.3 Å². The highest BCUT2D eigenvalue weighted by Crippen LogP contribution is 2.60. The SMILES string of the molecule is COC(=O)C1(C)C(C)C2=CCC1(OC)C(C(=O)O)C2. The second kappa shape index (κ2) is 4.34. The number of allylic oxidation sites excluding steroid dienone is 1. The maximum absolute atomic E-state index is 12.3. The molecule has 0 amide bonds. The summed E-state index contributed by atoms with van der Waals surface area (Å²) in [7, 11) is 2.81. The van der Waals surface area contributed by atoms with Gasteiger partial charge in [0.05, 0.1) is 13.0 Å². The summed E-state index contributed by atoms with van der Waals surface area (Å²) in [5.74, 6) is -2.12. The van der Waals surface area contributed by atoms with Crippen molar-refractivity contribution in [3.05, 3.63) is 11.6 Å². The van der Waals surface area contributed by atoms with E-state index in [0.29, 0.717) is 12.8 Å². The topological polar surface area (TPSA) is 72.8 Å². The van der Waals surface area contributed by atoms with Crippen LogP contribution in [0.25, 0.3) is 0 Å². The summed E-state index contributed by atoms with van der Waals surface area (Å²) in [6, 6.07) is 0. The number of carbonyl (C=O) groups excluding carboxylic acids is 1. The van der Waals surface area contributed by atoms with Crippen molar-refractivity contribution in [1.29, 1.82) is 0 Å². The summed E-state index contributed by atoms with van der Waals surface area (Å²) >= 11 is 0. The molecule has 0 aromatic heterocycles. The second-order valence-corrected chi connectivity index (χ2v) is 5.59. The zero-order valence-corrected chi connectivity index (χ0v) is 11.7. The Bertz CT molecular complexity index is 455. The predicted molar refractivity (Wildman–Crippen MR) is 67.5 cm³/mol. The Hall–Kier alpha value is -1.36. The van der Waals surface area contributed by atoms with Crippen LogP contribution >= 0.6 is 0 Å². The maximum atomic E-state index is 12.3. The molecule has 0 spiro atoms. The molecule has 1 saturated carbocycles. The molecule has 4 atom stereocenters. The minimum absolute atomic E-state index is 0.0794. The Morgan fingerprint density at radius 3 is 2.53 bits per heavy atom. The van der Waals surface area contributed by atoms with Crippen LogP contribution in [0.4, 0.5) is 0 Å². The van der Waals surface area contributed by atoms with Crippen LogP contribution < -0.4 is 0 Å². The van der Waals surface area contributed by atoms with E-state index in [1.165, 1.54) is 14.2 Å². The third kappa shape index (κ3) is 1.51. The van der Waals surface area contributed by atoms with Crippen LogP contribution in [0.15, 0.2) is 11.6 Å². The molecule has 19 heavy (non-hydrogen) atoms. The van der Waals surface area contributed by atoms with Gasteiger partial charge in [-0.2, -0.15) is 0 Å². The summed E-state index contributed by atoms with van der Waals surface area (Å²) in [5.41, 5.74) is -0.992. The molecule has 1 fully saturated rings. The summed E-state index contributed by atoms with van der Waals surface area (Å²) in [4.78, 5) is 23.9. The highest BCUT2D eigenvalue weighted by atomic mass is 16.5. The van der Waals surface area contributed by atoms with Crippen molar-refractivity contribution >= 4 is 11.9 Å². The molecule has 4 unspecified atom stereocenters. The predicted octanol–water partition coefficient (Wildman–Crippen LogP) is 1.62. The Morgan fingerprint density at radius 2 is 2.05 bits per heavy atom. The molecule has 5 heteroatoms. The first kappa shape index (κ1) is 14.1. The minimum Gasteiger partial charge on any atom is -0.481 e. The summed E-state index contributed by atoms with van der Waals surface area (Å²) in [6.45, 7) is 3.70. The second-order valence-electron chi connectivity index (χ2n) is 5.59. The van der Waals surface area contributed by atoms with Crippen LogP contribution in [0, 0.1) is 17.3 Å². The number of aliphatic carboxylic acids is 1. The zero-order valence-electron chi connectivity index (χ0n) is 11.7. The van der Waals surface area contributed by atoms with Gasteiger partial charge >= 0.3 is 11.9 Å². The van der Waals surface area contributed by atoms with Gasteiger partial charge in [-0.05, 0) is 25.7 Å². The van der Waals surface area contributed by atoms with Crippen molar-refractivity contribution < 1.29 is 24.2 Å². The van der Waals surface area contributed by atoms with Crippen LogP contribution in [-0.4, -0.2) is 36.9 Å². The lowest BCUT2D eigenvalue weighted by Gasteiger charge is -2.58. The van der Waals surface area contributed by atoms with Crippen molar-refractivity contribution in [2.75, 3.05) is 14.2 Å². The van der Waals surface area contributed by atoms with Crippen molar-refractivity contribution in [3.63, 3.8) is 0 Å². The fraction of sp³-hybridized carbons (Fsp3) is 0.714. The van der Waals surface area contributed by atoms with Gasteiger partial charge < -0.3 is 14.6 Å². The molecule has 0 aromatic rings. The Morgan fingerprint density at radius 1 is 1.42 bits per heavy atom. The van der Waals surface area contributed by atoms with Crippen molar-refractivity contribution in [3.8, 4) is 0 Å². The summed E-state index contributed by atoms with van der Waals surface area (Å²) in [6.07, 6.45) is 2.89. The quantitative estimate of drug-likeness (QED) is 0.622. The molecule has 0 saturated heterocycles. The van der Waals surface area contributed by atoms with Gasteiger partial charge in [-0.1, -0.05) is 18.6 Å². The monoisotopic (exact) mass is 268 g/mol. The first-order valence-corrected chi connectivity index (χ1v) is 6.40. The minimum atomic E-state index is -1.03. The molecule has 0 heterocycles. The van der Waals surface area contributed by atoms with E-state index < -0.39 is 28.9 Å². The standard InChI is InChI=1S/C14H20O5/c1-8-9-5-6-14(19-4,10(7-9)11(15)16)13(8,2)12(17)18-3/h5,8,10H,6-7H2,1-4H3,(H,15,16). The number of carboxylic acid groups (broad SMARTS) is 1. The fourth-order valence-corrected chi connectivity index (χ4v) is 3.86. The Kier molecular flexibility index (Phi) is 3.21. The average Bonchev–Trinajstić information content (AvgIpc) is 2.42. The third-order valence-electron chi connectivity index (χ3n) is 5.24. The van der Waals surface area contributed by atoms with E-state index in [4.69, 9.17) is 9.47 Å². The molecule has 106 valence electrons. The van der Waals surface area contributed by atoms with E-state index >= 15 is 0 Å². The molecular formula is C14H20O5. The van der Waals surface area contributed by atoms with Crippen LogP contribution in [0.1, 0.15) is 26.7 Å². The lowest BCUT2D eigenvalue weighted by molar-refractivity contribution is -0.212. The molecule has 3 rings (SSSR count). The van der Waals surface area contributed by atoms with Crippen LogP contribution in [-0.2, 0) is 19.1 Å². The molecule has 2 bridgehead atoms. The van der Waals surface area contributed by atoms with Gasteiger partial charge in [0.15, 0.2) is 0 Å². The van der Waals surface area contributed by atoms with Gasteiger partial charge in [-0.25, -0.2) is 0 Å². The molecule has 3 aliphatic carbocycles. The molecular weight excluding hydrogens is 248 g/mol. The van der Waals surface area contributed by atoms with Gasteiger partial charge in [0.25, 0.3) is 0 Å². The van der Waals surface area contributed by atoms with Crippen LogP contribution in [0.2, 0.25) is 0 Å². The molecule has 5 nitrogen and oxygen atoms in total. The highest BCUT2D eigenvalue weighted by molar-refractivity contribution is 5.83. The van der Waals surface area contributed by atoms with E-state index in [1.54, 1.807) is 6.92 Å². The van der Waals surface area contributed by atoms with E-state index in [0.717, 1.165) is 5.57 Å². The number of methoxy groups -OCH3 is 2. The first-order valence-electron chi connectivity index (χ1n) is 6.40. The summed E-state index contributed by atoms with van der Waals surface area (Å²) in [5, 5.41) is 9.47. The maximum Gasteiger partial charge on any atom is 0.315 e. The number of hydrogen-bond donors (Lipinski definition) is 1. The van der Waals surface area contributed by atoms with Gasteiger partial charge in [0.1, 0.15) is 11.0 Å². The number of esters is 1. The van der Waals surface area contributed by atoms with Gasteiger partial charge in [0.2, 0.25) is 0 Å². The number of hydrogen-bond acceptors (Lipinski definition) is 4. The number of carbonyl (C=O) groups is 2. The van der Waals surface area contributed by atoms with E-state index in [1.807, 2.05) is 13.0 Å². The van der Waals surface area contributed by atoms with Crippen LogP contribution in [0.5, 0.6) is 0 Å². The third-order valence-corrected chi connectivity index (χ3v) is 5.24. The normalized spacial score (nSPS) is 40.7. The highest BCUT2D eigenvalue weighted by Gasteiger charge is 2.67. The van der Waals surface area contributed by atoms with E-state index in [9.17, 15) is 14.7 Å².